The number of rotatable bonds is 5. The number of fused-ring (bicyclic) bond motifs is 1. The van der Waals surface area contributed by atoms with E-state index in [2.05, 4.69) is 38.5 Å². The fraction of sp³-hybridized carbons (Fsp3) is 0.143. The number of amides is 1. The van der Waals surface area contributed by atoms with Crippen molar-refractivity contribution >= 4 is 97.1 Å². The highest BCUT2D eigenvalue weighted by molar-refractivity contribution is 14.1. The Morgan fingerprint density at radius 2 is 1.63 bits per heavy atom. The van der Waals surface area contributed by atoms with Gasteiger partial charge in [-0.25, -0.2) is 0 Å². The van der Waals surface area contributed by atoms with Crippen LogP contribution >= 0.6 is 69.6 Å². The Bertz CT molecular complexity index is 1050. The van der Waals surface area contributed by atoms with Gasteiger partial charge in [0.2, 0.25) is 9.70 Å². The molecular formula is C21H17Cl3IN3OS. The Hall–Kier alpha value is -1.32. The van der Waals surface area contributed by atoms with Crippen molar-refractivity contribution in [1.82, 2.24) is 10.6 Å². The molecule has 0 aliphatic heterocycles. The molecule has 0 spiro atoms. The van der Waals surface area contributed by atoms with Gasteiger partial charge in [-0.1, -0.05) is 77.3 Å². The van der Waals surface area contributed by atoms with E-state index in [1.165, 1.54) is 0 Å². The monoisotopic (exact) mass is 591 g/mol. The predicted octanol–water partition coefficient (Wildman–Crippen LogP) is 5.79. The molecule has 4 nitrogen and oxygen atoms in total. The number of anilines is 1. The highest BCUT2D eigenvalue weighted by Gasteiger charge is 2.34. The summed E-state index contributed by atoms with van der Waals surface area (Å²) in [4.78, 5) is 12.7. The summed E-state index contributed by atoms with van der Waals surface area (Å²) < 4.78 is -0.719. The average Bonchev–Trinajstić information content (AvgIpc) is 2.69. The van der Waals surface area contributed by atoms with Crippen LogP contribution in [0.5, 0.6) is 0 Å². The lowest BCUT2D eigenvalue weighted by Gasteiger charge is -2.28. The second kappa shape index (κ2) is 10.3. The van der Waals surface area contributed by atoms with Gasteiger partial charge in [-0.15, -0.1) is 0 Å². The Labute approximate surface area is 208 Å². The van der Waals surface area contributed by atoms with E-state index in [1.807, 2.05) is 66.7 Å². The number of hydrogen-bond donors (Lipinski definition) is 3. The molecule has 30 heavy (non-hydrogen) atoms. The second-order valence-corrected chi connectivity index (χ2v) is 10.5. The molecule has 3 aromatic rings. The van der Waals surface area contributed by atoms with Gasteiger partial charge in [0.1, 0.15) is 6.17 Å². The third-order valence-electron chi connectivity index (χ3n) is 4.24. The molecule has 3 aromatic carbocycles. The van der Waals surface area contributed by atoms with Gasteiger partial charge in [-0.3, -0.25) is 4.79 Å². The smallest absolute Gasteiger partial charge is 0.228 e. The van der Waals surface area contributed by atoms with Crippen LogP contribution in [0, 0.1) is 3.57 Å². The first-order valence-electron chi connectivity index (χ1n) is 8.88. The van der Waals surface area contributed by atoms with Gasteiger partial charge in [0, 0.05) is 9.26 Å². The van der Waals surface area contributed by atoms with E-state index in [0.717, 1.165) is 25.6 Å². The van der Waals surface area contributed by atoms with Crippen LogP contribution in [0.1, 0.15) is 5.56 Å². The summed E-state index contributed by atoms with van der Waals surface area (Å²) in [5, 5.41) is 10.9. The molecule has 0 heterocycles. The van der Waals surface area contributed by atoms with Crippen LogP contribution in [0.2, 0.25) is 0 Å². The minimum absolute atomic E-state index is 0.137. The fourth-order valence-electron chi connectivity index (χ4n) is 2.86. The van der Waals surface area contributed by atoms with E-state index in [1.54, 1.807) is 0 Å². The molecular weight excluding hydrogens is 576 g/mol. The van der Waals surface area contributed by atoms with E-state index in [4.69, 9.17) is 47.0 Å². The molecule has 0 saturated heterocycles. The Morgan fingerprint density at radius 1 is 0.967 bits per heavy atom. The average molecular weight is 593 g/mol. The molecule has 156 valence electrons. The number of hydrogen-bond acceptors (Lipinski definition) is 2. The predicted molar refractivity (Wildman–Crippen MR) is 138 cm³/mol. The number of carbonyl (C=O) groups is 1. The topological polar surface area (TPSA) is 53.2 Å². The lowest BCUT2D eigenvalue weighted by atomic mass is 10.0. The van der Waals surface area contributed by atoms with Crippen molar-refractivity contribution in [3.8, 4) is 0 Å². The zero-order valence-corrected chi connectivity index (χ0v) is 20.7. The fourth-order valence-corrected chi connectivity index (χ4v) is 3.79. The van der Waals surface area contributed by atoms with E-state index < -0.39 is 9.96 Å². The first-order chi connectivity index (χ1) is 14.2. The van der Waals surface area contributed by atoms with Gasteiger partial charge < -0.3 is 16.0 Å². The maximum atomic E-state index is 12.7. The molecule has 0 aromatic heterocycles. The molecule has 0 fully saturated rings. The number of halogens is 4. The first-order valence-corrected chi connectivity index (χ1v) is 11.5. The molecule has 1 amide bonds. The third kappa shape index (κ3) is 6.59. The van der Waals surface area contributed by atoms with Crippen LogP contribution < -0.4 is 16.0 Å². The lowest BCUT2D eigenvalue weighted by Crippen LogP contribution is -2.56. The summed E-state index contributed by atoms with van der Waals surface area (Å²) >= 11 is 25.7. The Kier molecular flexibility index (Phi) is 8.04. The number of alkyl halides is 3. The Morgan fingerprint density at radius 3 is 2.33 bits per heavy atom. The Balaban J connectivity index is 1.67. The zero-order chi connectivity index (χ0) is 21.7. The SMILES string of the molecule is O=C(Cc1cccc2ccccc12)N[C@@H](NC(=S)Nc1ccc(I)cc1)C(Cl)(Cl)Cl. The lowest BCUT2D eigenvalue weighted by molar-refractivity contribution is -0.121. The maximum absolute atomic E-state index is 12.7. The minimum atomic E-state index is -1.81. The number of nitrogens with one attached hydrogen (secondary N) is 3. The molecule has 0 unspecified atom stereocenters. The van der Waals surface area contributed by atoms with Crippen molar-refractivity contribution < 1.29 is 4.79 Å². The summed E-state index contributed by atoms with van der Waals surface area (Å²) in [6.45, 7) is 0. The summed E-state index contributed by atoms with van der Waals surface area (Å²) in [6.07, 6.45) is -0.883. The van der Waals surface area contributed by atoms with Gasteiger partial charge in [-0.05, 0) is 75.4 Å². The molecule has 0 radical (unpaired) electrons. The highest BCUT2D eigenvalue weighted by atomic mass is 127. The van der Waals surface area contributed by atoms with Gasteiger partial charge in [0.25, 0.3) is 0 Å². The van der Waals surface area contributed by atoms with Crippen LogP contribution in [0.25, 0.3) is 10.8 Å². The van der Waals surface area contributed by atoms with Crippen molar-refractivity contribution in [2.45, 2.75) is 16.4 Å². The van der Waals surface area contributed by atoms with Crippen LogP contribution in [0.4, 0.5) is 5.69 Å². The van der Waals surface area contributed by atoms with Crippen LogP contribution in [0.15, 0.2) is 66.7 Å². The largest absolute Gasteiger partial charge is 0.339 e. The summed E-state index contributed by atoms with van der Waals surface area (Å²) in [6, 6.07) is 21.3. The summed E-state index contributed by atoms with van der Waals surface area (Å²) in [5.41, 5.74) is 1.66. The van der Waals surface area contributed by atoms with Crippen molar-refractivity contribution in [3.63, 3.8) is 0 Å². The highest BCUT2D eigenvalue weighted by Crippen LogP contribution is 2.29. The number of carbonyl (C=O) groups excluding carboxylic acids is 1. The normalized spacial score (nSPS) is 12.3. The zero-order valence-electron chi connectivity index (χ0n) is 15.5. The van der Waals surface area contributed by atoms with Crippen LogP contribution in [-0.4, -0.2) is 21.0 Å². The maximum Gasteiger partial charge on any atom is 0.228 e. The summed E-state index contributed by atoms with van der Waals surface area (Å²) in [5.74, 6) is -0.299. The van der Waals surface area contributed by atoms with Gasteiger partial charge in [0.15, 0.2) is 5.11 Å². The molecule has 3 N–H and O–H groups in total. The van der Waals surface area contributed by atoms with Crippen molar-refractivity contribution in [2.75, 3.05) is 5.32 Å². The molecule has 0 bridgehead atoms. The molecule has 0 aliphatic carbocycles. The van der Waals surface area contributed by atoms with Crippen LogP contribution in [-0.2, 0) is 11.2 Å². The van der Waals surface area contributed by atoms with Gasteiger partial charge in [0.05, 0.1) is 6.42 Å². The second-order valence-electron chi connectivity index (χ2n) is 6.46. The van der Waals surface area contributed by atoms with Gasteiger partial charge >= 0.3 is 0 Å². The number of thiocarbonyl (C=S) groups is 1. The minimum Gasteiger partial charge on any atom is -0.339 e. The summed E-state index contributed by atoms with van der Waals surface area (Å²) in [7, 11) is 0. The van der Waals surface area contributed by atoms with Crippen molar-refractivity contribution in [3.05, 3.63) is 75.9 Å². The van der Waals surface area contributed by atoms with Gasteiger partial charge in [-0.2, -0.15) is 0 Å². The molecule has 1 atom stereocenters. The molecule has 3 rings (SSSR count). The van der Waals surface area contributed by atoms with E-state index in [9.17, 15) is 4.79 Å². The first kappa shape index (κ1) is 23.3. The van der Waals surface area contributed by atoms with E-state index in [0.29, 0.717) is 0 Å². The van der Waals surface area contributed by atoms with Crippen LogP contribution in [0.3, 0.4) is 0 Å². The molecule has 0 saturated carbocycles. The molecule has 0 aliphatic rings. The quantitative estimate of drug-likeness (QED) is 0.152. The number of benzene rings is 3. The van der Waals surface area contributed by atoms with Crippen molar-refractivity contribution in [1.29, 1.82) is 0 Å². The van der Waals surface area contributed by atoms with E-state index in [-0.39, 0.29) is 17.4 Å². The third-order valence-corrected chi connectivity index (χ3v) is 5.83. The molecule has 9 heteroatoms. The van der Waals surface area contributed by atoms with E-state index >= 15 is 0 Å². The van der Waals surface area contributed by atoms with Crippen molar-refractivity contribution in [2.24, 2.45) is 0 Å². The standard InChI is InChI=1S/C21H17Cl3IN3OS/c22-21(23,24)19(28-20(30)26-16-10-8-15(25)9-11-16)27-18(29)12-14-6-3-5-13-4-1-2-7-17(13)14/h1-11,19H,12H2,(H,27,29)(H2,26,28,30)/t19-/m0/s1.